The van der Waals surface area contributed by atoms with Crippen LogP contribution in [-0.4, -0.2) is 221 Å². The van der Waals surface area contributed by atoms with Crippen molar-refractivity contribution in [2.45, 2.75) is 45.1 Å². The molecule has 31 heteroatoms. The molecule has 8 N–H and O–H groups in total. The molecule has 492 valence electrons. The number of anilines is 4. The summed E-state index contributed by atoms with van der Waals surface area (Å²) < 4.78 is 62.5. The highest BCUT2D eigenvalue weighted by atomic mass is 19.1. The van der Waals surface area contributed by atoms with Crippen LogP contribution in [0.5, 0.6) is 0 Å². The SMILES string of the molecule is CN(C)Cc1ccn2c(-c3ccnc(NCCOCCOCCOCCOCc4cn(CCOCCOCCOCCOCCNC(=O)CC[C@H](NC(=O)c5ccc(N(C)Cc6cnc7nc(N)nc(N)c7n6)cc5)C(=O)O)nn4)n3)c(-c3ccc(F)cc3)nc2c1. The number of pyridine rings is 1. The smallest absolute Gasteiger partial charge is 0.326 e. The second kappa shape index (κ2) is 36.7. The third-order valence-electron chi connectivity index (χ3n) is 13.6. The maximum Gasteiger partial charge on any atom is 0.326 e. The quantitative estimate of drug-likeness (QED) is 0.0299. The number of imidazole rings is 1. The molecule has 0 aliphatic carbocycles. The van der Waals surface area contributed by atoms with Crippen LogP contribution in [0.4, 0.5) is 27.8 Å². The number of nitrogens with two attached hydrogens (primary N) is 2. The number of aromatic nitrogens is 11. The number of carbonyl (C=O) groups is 3. The number of aliphatic carboxylic acids is 1. The highest BCUT2D eigenvalue weighted by molar-refractivity contribution is 5.97. The van der Waals surface area contributed by atoms with Gasteiger partial charge in [0, 0.05) is 62.3 Å². The average molecular weight is 1280 g/mol. The molecule has 2 aromatic carbocycles. The molecule has 0 bridgehead atoms. The van der Waals surface area contributed by atoms with Crippen LogP contribution in [0.3, 0.4) is 0 Å². The van der Waals surface area contributed by atoms with Crippen molar-refractivity contribution in [3.05, 3.63) is 120 Å². The summed E-state index contributed by atoms with van der Waals surface area (Å²) in [6.45, 7) is 8.32. The normalized spacial score (nSPS) is 11.8. The molecule has 2 amide bonds. The highest BCUT2D eigenvalue weighted by Crippen LogP contribution is 2.33. The molecule has 0 unspecified atom stereocenters. The Morgan fingerprint density at radius 2 is 1.35 bits per heavy atom. The number of nitrogen functional groups attached to an aromatic ring is 2. The van der Waals surface area contributed by atoms with Crippen LogP contribution < -0.4 is 32.3 Å². The van der Waals surface area contributed by atoms with Gasteiger partial charge >= 0.3 is 5.97 Å². The second-order valence-corrected chi connectivity index (χ2v) is 21.0. The van der Waals surface area contributed by atoms with Gasteiger partial charge in [0.25, 0.3) is 5.91 Å². The van der Waals surface area contributed by atoms with E-state index < -0.39 is 17.9 Å². The second-order valence-electron chi connectivity index (χ2n) is 21.0. The van der Waals surface area contributed by atoms with Gasteiger partial charge in [-0.2, -0.15) is 9.97 Å². The van der Waals surface area contributed by atoms with Crippen molar-refractivity contribution in [1.82, 2.24) is 69.8 Å². The Balaban J connectivity index is 0.562. The fraction of sp³-hybridized carbons (Fsp3) is 0.443. The van der Waals surface area contributed by atoms with Gasteiger partial charge in [-0.25, -0.2) is 38.8 Å². The fourth-order valence-corrected chi connectivity index (χ4v) is 9.07. The van der Waals surface area contributed by atoms with Crippen LogP contribution in [0.1, 0.15) is 40.2 Å². The molecule has 0 aliphatic rings. The molecular weight excluding hydrogens is 1200 g/mol. The van der Waals surface area contributed by atoms with Crippen LogP contribution in [0.25, 0.3) is 39.5 Å². The van der Waals surface area contributed by atoms with E-state index >= 15 is 0 Å². The lowest BCUT2D eigenvalue weighted by molar-refractivity contribution is -0.139. The number of carbonyl (C=O) groups excluding carboxylic acids is 2. The number of ether oxygens (including phenoxy) is 8. The summed E-state index contributed by atoms with van der Waals surface area (Å²) in [5, 5.41) is 26.4. The van der Waals surface area contributed by atoms with Gasteiger partial charge < -0.3 is 80.2 Å². The lowest BCUT2D eigenvalue weighted by Gasteiger charge is -2.19. The number of hydrogen-bond acceptors (Lipinski definition) is 25. The highest BCUT2D eigenvalue weighted by Gasteiger charge is 2.23. The van der Waals surface area contributed by atoms with Gasteiger partial charge in [-0.1, -0.05) is 5.21 Å². The van der Waals surface area contributed by atoms with Crippen LogP contribution in [-0.2, 0) is 73.7 Å². The van der Waals surface area contributed by atoms with Crippen molar-refractivity contribution in [2.75, 3.05) is 155 Å². The van der Waals surface area contributed by atoms with E-state index in [-0.39, 0.29) is 60.7 Å². The zero-order chi connectivity index (χ0) is 64.9. The van der Waals surface area contributed by atoms with Gasteiger partial charge in [-0.15, -0.1) is 5.10 Å². The third-order valence-corrected chi connectivity index (χ3v) is 13.6. The van der Waals surface area contributed by atoms with E-state index in [1.54, 1.807) is 59.7 Å². The third kappa shape index (κ3) is 22.4. The Kier molecular flexibility index (Phi) is 27.5. The van der Waals surface area contributed by atoms with Crippen molar-refractivity contribution in [3.63, 3.8) is 0 Å². The molecule has 6 heterocycles. The van der Waals surface area contributed by atoms with Crippen LogP contribution in [0.2, 0.25) is 0 Å². The Bertz CT molecular complexity index is 3590. The first-order valence-electron chi connectivity index (χ1n) is 29.9. The van der Waals surface area contributed by atoms with Crippen LogP contribution in [0.15, 0.2) is 91.5 Å². The molecule has 0 aliphatic heterocycles. The van der Waals surface area contributed by atoms with Gasteiger partial charge in [0.1, 0.15) is 23.2 Å². The van der Waals surface area contributed by atoms with Crippen molar-refractivity contribution < 1.29 is 61.8 Å². The number of amides is 2. The fourth-order valence-electron chi connectivity index (χ4n) is 9.07. The zero-order valence-corrected chi connectivity index (χ0v) is 51.8. The predicted molar refractivity (Wildman–Crippen MR) is 337 cm³/mol. The summed E-state index contributed by atoms with van der Waals surface area (Å²) in [5.41, 5.74) is 19.3. The van der Waals surface area contributed by atoms with Gasteiger partial charge in [0.05, 0.1) is 154 Å². The number of rotatable bonds is 43. The minimum atomic E-state index is -1.28. The summed E-state index contributed by atoms with van der Waals surface area (Å²) in [5.74, 6) is -1.98. The predicted octanol–water partition coefficient (Wildman–Crippen LogP) is 3.31. The number of halogens is 1. The van der Waals surface area contributed by atoms with Gasteiger partial charge in [0.15, 0.2) is 17.0 Å². The summed E-state index contributed by atoms with van der Waals surface area (Å²) in [6.07, 6.45) is 6.82. The first-order valence-corrected chi connectivity index (χ1v) is 29.9. The van der Waals surface area contributed by atoms with Gasteiger partial charge in [-0.05, 0) is 92.8 Å². The molecular formula is C61H79FN18O12. The van der Waals surface area contributed by atoms with E-state index in [2.05, 4.69) is 62.1 Å². The Morgan fingerprint density at radius 1 is 0.696 bits per heavy atom. The topological polar surface area (TPSA) is 365 Å². The van der Waals surface area contributed by atoms with E-state index in [0.717, 1.165) is 34.7 Å². The van der Waals surface area contributed by atoms with Crippen molar-refractivity contribution in [2.24, 2.45) is 0 Å². The van der Waals surface area contributed by atoms with Crippen molar-refractivity contribution in [3.8, 4) is 22.6 Å². The number of benzene rings is 2. The molecule has 0 radical (unpaired) electrons. The number of hydrogen-bond donors (Lipinski definition) is 6. The minimum Gasteiger partial charge on any atom is -0.480 e. The van der Waals surface area contributed by atoms with E-state index in [1.165, 1.54) is 12.1 Å². The summed E-state index contributed by atoms with van der Waals surface area (Å²) in [6, 6.07) is 17.5. The molecule has 8 rings (SSSR count). The maximum atomic E-state index is 13.9. The number of carboxylic acid groups (broad SMARTS) is 1. The Morgan fingerprint density at radius 3 is 2.02 bits per heavy atom. The van der Waals surface area contributed by atoms with Crippen LogP contribution >= 0.6 is 0 Å². The number of carboxylic acids is 1. The Hall–Kier alpha value is -9.05. The largest absolute Gasteiger partial charge is 0.480 e. The lowest BCUT2D eigenvalue weighted by atomic mass is 10.1. The average Bonchev–Trinajstić information content (AvgIpc) is 1.60. The molecule has 8 aromatic rings. The van der Waals surface area contributed by atoms with Crippen molar-refractivity contribution >= 4 is 58.0 Å². The van der Waals surface area contributed by atoms with Gasteiger partial charge in [-0.3, -0.25) is 14.0 Å². The summed E-state index contributed by atoms with van der Waals surface area (Å²) >= 11 is 0. The number of nitrogens with zero attached hydrogens (tertiary/aromatic N) is 13. The summed E-state index contributed by atoms with van der Waals surface area (Å²) in [4.78, 5) is 72.2. The van der Waals surface area contributed by atoms with Crippen LogP contribution in [0, 0.1) is 5.82 Å². The molecule has 0 spiro atoms. The molecule has 0 saturated carbocycles. The molecule has 92 heavy (non-hydrogen) atoms. The first-order chi connectivity index (χ1) is 44.8. The molecule has 6 aromatic heterocycles. The number of fused-ring (bicyclic) bond motifs is 2. The maximum absolute atomic E-state index is 13.9. The lowest BCUT2D eigenvalue weighted by Crippen LogP contribution is -2.41. The van der Waals surface area contributed by atoms with E-state index in [0.29, 0.717) is 153 Å². The Labute approximate surface area is 530 Å². The standard InChI is InChI=1S/C61H79FN18O12/c1-77(2)38-42-15-19-80-51(36-42)72-53(43-4-8-45(62)9-5-43)55(80)49-14-16-66-61(71-49)67-18-22-86-25-28-89-32-33-91-34-35-92-41-47-40-79(76-75-47)20-23-87-26-29-90-31-30-88-27-24-85-21-17-65-52(81)13-12-50(59(83)84)70-58(82)44-6-10-48(11-7-44)78(3)39-46-37-68-57-54(69-46)56(63)73-60(64)74-57/h4-11,14-16,19,36-37,40,50H,12-13,17-18,20-35,38-39,41H2,1-3H3,(H,65,81)(H,70,82)(H,83,84)(H,66,67,71)(H4,63,64,68,73,74)/t50-/m0/s1. The first kappa shape index (κ1) is 68.9. The van der Waals surface area contributed by atoms with Gasteiger partial charge in [0.2, 0.25) is 17.8 Å². The van der Waals surface area contributed by atoms with E-state index in [1.807, 2.05) is 48.8 Å². The monoisotopic (exact) mass is 1270 g/mol. The molecule has 0 saturated heterocycles. The minimum absolute atomic E-state index is 0.00428. The zero-order valence-electron chi connectivity index (χ0n) is 51.8. The molecule has 1 atom stereocenters. The number of nitrogens with one attached hydrogen (secondary N) is 3. The molecule has 0 fully saturated rings. The molecule has 30 nitrogen and oxygen atoms in total. The van der Waals surface area contributed by atoms with Crippen molar-refractivity contribution in [1.29, 1.82) is 0 Å². The van der Waals surface area contributed by atoms with E-state index in [4.69, 9.17) is 59.3 Å². The summed E-state index contributed by atoms with van der Waals surface area (Å²) in [7, 11) is 5.87. The van der Waals surface area contributed by atoms with E-state index in [9.17, 15) is 23.9 Å².